The predicted molar refractivity (Wildman–Crippen MR) is 200 cm³/mol. The van der Waals surface area contributed by atoms with Crippen LogP contribution in [0.2, 0.25) is 0 Å². The zero-order valence-electron chi connectivity index (χ0n) is 34.1. The van der Waals surface area contributed by atoms with Crippen LogP contribution >= 0.6 is 0 Å². The van der Waals surface area contributed by atoms with Gasteiger partial charge in [-0.05, 0) is 125 Å². The molecule has 2 heterocycles. The normalized spacial score (nSPS) is 52.8. The van der Waals surface area contributed by atoms with Gasteiger partial charge in [-0.25, -0.2) is 0 Å². The molecular formula is C42H72O12. The average Bonchev–Trinajstić information content (AvgIpc) is 3.47. The van der Waals surface area contributed by atoms with Crippen molar-refractivity contribution >= 4 is 0 Å². The van der Waals surface area contributed by atoms with Crippen LogP contribution < -0.4 is 0 Å². The van der Waals surface area contributed by atoms with Gasteiger partial charge in [0.05, 0.1) is 30.5 Å². The number of rotatable bonds is 9. The van der Waals surface area contributed by atoms with Crippen molar-refractivity contribution in [2.24, 2.45) is 45.3 Å². The Hall–Kier alpha value is -0.740. The predicted octanol–water partition coefficient (Wildman–Crippen LogP) is 3.18. The highest BCUT2D eigenvalue weighted by Crippen LogP contribution is 2.76. The lowest BCUT2D eigenvalue weighted by Gasteiger charge is -2.71. The van der Waals surface area contributed by atoms with E-state index in [1.54, 1.807) is 0 Å². The summed E-state index contributed by atoms with van der Waals surface area (Å²) in [4.78, 5) is 0. The van der Waals surface area contributed by atoms with E-state index in [1.807, 2.05) is 6.92 Å². The number of hydrogen-bond acceptors (Lipinski definition) is 12. The van der Waals surface area contributed by atoms with Gasteiger partial charge in [0, 0.05) is 5.41 Å². The average molecular weight is 769 g/mol. The van der Waals surface area contributed by atoms with E-state index in [0.29, 0.717) is 18.8 Å². The first-order valence-electron chi connectivity index (χ1n) is 20.7. The van der Waals surface area contributed by atoms with Gasteiger partial charge in [0.15, 0.2) is 12.6 Å². The van der Waals surface area contributed by atoms with E-state index in [1.165, 1.54) is 12.5 Å². The lowest BCUT2D eigenvalue weighted by atomic mass is 9.34. The Morgan fingerprint density at radius 2 is 1.48 bits per heavy atom. The van der Waals surface area contributed by atoms with Crippen LogP contribution in [0.15, 0.2) is 11.6 Å². The molecule has 0 aromatic carbocycles. The summed E-state index contributed by atoms with van der Waals surface area (Å²) in [6, 6.07) is 0. The Bertz CT molecular complexity index is 1350. The number of aliphatic hydroxyl groups is 8. The Balaban J connectivity index is 1.23. The molecule has 20 atom stereocenters. The number of aliphatic hydroxyl groups excluding tert-OH is 7. The minimum absolute atomic E-state index is 0.0643. The summed E-state index contributed by atoms with van der Waals surface area (Å²) in [5.74, 6) is 0.821. The molecule has 12 heteroatoms. The molecule has 0 radical (unpaired) electrons. The van der Waals surface area contributed by atoms with Gasteiger partial charge in [-0.1, -0.05) is 46.3 Å². The van der Waals surface area contributed by atoms with Crippen molar-refractivity contribution < 1.29 is 59.8 Å². The maximum atomic E-state index is 12.5. The first kappa shape index (κ1) is 42.9. The van der Waals surface area contributed by atoms with Gasteiger partial charge >= 0.3 is 0 Å². The Labute approximate surface area is 322 Å². The van der Waals surface area contributed by atoms with Crippen molar-refractivity contribution in [1.29, 1.82) is 0 Å². The Morgan fingerprint density at radius 3 is 2.13 bits per heavy atom. The summed E-state index contributed by atoms with van der Waals surface area (Å²) in [5.41, 5.74) is -0.583. The lowest BCUT2D eigenvalue weighted by molar-refractivity contribution is -0.377. The standard InChI is InChI=1S/C42H72O12/c1-21(2)11-10-16-41(8,50)24-14-18-40(7)23(24)12-13-26-39(6)17-15-29(38(4,5)27(39)19-28(44)42(26,40)9)53-37-35(33(48)31(46)25(20-43)52-37)54-36-34(49)32(47)30(45)22(3)51-36/h11,22-37,43-50H,10,12-20H2,1-9H3/t22-,23+,24-,25+,26+,27-,28-,29-,30-,31+,32+,33-,34+,35+,36-,37-,39+,40+,41+,42-/m0/s1. The molecule has 2 saturated heterocycles. The smallest absolute Gasteiger partial charge is 0.187 e. The minimum Gasteiger partial charge on any atom is -0.394 e. The highest BCUT2D eigenvalue weighted by molar-refractivity contribution is 5.21. The van der Waals surface area contributed by atoms with Crippen molar-refractivity contribution in [3.05, 3.63) is 11.6 Å². The molecule has 2 aliphatic heterocycles. The Kier molecular flexibility index (Phi) is 12.0. The molecule has 4 aliphatic carbocycles. The van der Waals surface area contributed by atoms with Gasteiger partial charge in [0.2, 0.25) is 0 Å². The van der Waals surface area contributed by atoms with Crippen molar-refractivity contribution in [1.82, 2.24) is 0 Å². The summed E-state index contributed by atoms with van der Waals surface area (Å²) in [6.07, 6.45) is -5.02. The topological polar surface area (TPSA) is 199 Å². The molecule has 6 rings (SSSR count). The Morgan fingerprint density at radius 1 is 0.796 bits per heavy atom. The van der Waals surface area contributed by atoms with Crippen molar-refractivity contribution in [2.75, 3.05) is 6.61 Å². The van der Waals surface area contributed by atoms with E-state index < -0.39 is 91.2 Å². The monoisotopic (exact) mass is 769 g/mol. The van der Waals surface area contributed by atoms with E-state index in [0.717, 1.165) is 44.9 Å². The molecule has 4 saturated carbocycles. The van der Waals surface area contributed by atoms with Crippen LogP contribution in [0.3, 0.4) is 0 Å². The zero-order chi connectivity index (χ0) is 39.9. The largest absolute Gasteiger partial charge is 0.394 e. The molecule has 0 spiro atoms. The van der Waals surface area contributed by atoms with Crippen LogP contribution in [0, 0.1) is 45.3 Å². The summed E-state index contributed by atoms with van der Waals surface area (Å²) < 4.78 is 24.5. The summed E-state index contributed by atoms with van der Waals surface area (Å²) in [7, 11) is 0. The maximum Gasteiger partial charge on any atom is 0.187 e. The van der Waals surface area contributed by atoms with Gasteiger partial charge in [-0.3, -0.25) is 0 Å². The van der Waals surface area contributed by atoms with E-state index >= 15 is 0 Å². The molecular weight excluding hydrogens is 696 g/mol. The van der Waals surface area contributed by atoms with Crippen LogP contribution in [-0.2, 0) is 18.9 Å². The van der Waals surface area contributed by atoms with Crippen molar-refractivity contribution in [2.45, 2.75) is 199 Å². The van der Waals surface area contributed by atoms with Gasteiger partial charge in [0.25, 0.3) is 0 Å². The van der Waals surface area contributed by atoms with E-state index in [9.17, 15) is 40.9 Å². The highest BCUT2D eigenvalue weighted by atomic mass is 16.8. The SMILES string of the molecule is CC(C)=CCC[C@@](C)(O)[C@H]1CC[C@]2(C)[C@@H]1CC[C@@H]1[C@@]3(C)CC[C@H](O[C@@H]4O[C@H](CO)[C@@H](O)[C@H](O)[C@H]4O[C@@H]4O[C@@H](C)[C@H](O)[C@@H](O)[C@H]4O)C(C)(C)[C@@H]3C[C@H](O)[C@]12C. The van der Waals surface area contributed by atoms with Crippen LogP contribution in [0.1, 0.15) is 120 Å². The van der Waals surface area contributed by atoms with Gasteiger partial charge in [0.1, 0.15) is 42.7 Å². The molecule has 6 aliphatic rings. The second kappa shape index (κ2) is 15.1. The first-order chi connectivity index (χ1) is 25.1. The molecule has 0 aromatic rings. The molecule has 54 heavy (non-hydrogen) atoms. The number of hydrogen-bond donors (Lipinski definition) is 8. The second-order valence-corrected chi connectivity index (χ2v) is 20.0. The van der Waals surface area contributed by atoms with Crippen molar-refractivity contribution in [3.63, 3.8) is 0 Å². The fraction of sp³-hybridized carbons (Fsp3) is 0.952. The first-order valence-corrected chi connectivity index (χ1v) is 20.7. The molecule has 0 unspecified atom stereocenters. The van der Waals surface area contributed by atoms with Crippen molar-refractivity contribution in [3.8, 4) is 0 Å². The molecule has 6 fully saturated rings. The highest BCUT2D eigenvalue weighted by Gasteiger charge is 2.72. The number of allylic oxidation sites excluding steroid dienone is 2. The van der Waals surface area contributed by atoms with Crippen LogP contribution in [-0.4, -0.2) is 127 Å². The minimum atomic E-state index is -1.65. The molecule has 0 amide bonds. The van der Waals surface area contributed by atoms with Crippen LogP contribution in [0.25, 0.3) is 0 Å². The molecule has 12 nitrogen and oxygen atoms in total. The van der Waals surface area contributed by atoms with E-state index in [-0.39, 0.29) is 34.0 Å². The third-order valence-corrected chi connectivity index (χ3v) is 16.6. The number of fused-ring (bicyclic) bond motifs is 5. The quantitative estimate of drug-likeness (QED) is 0.126. The second-order valence-electron chi connectivity index (χ2n) is 20.0. The summed E-state index contributed by atoms with van der Waals surface area (Å²) >= 11 is 0. The third kappa shape index (κ3) is 6.77. The zero-order valence-corrected chi connectivity index (χ0v) is 34.1. The summed E-state index contributed by atoms with van der Waals surface area (Å²) in [6.45, 7) is 18.6. The third-order valence-electron chi connectivity index (χ3n) is 16.6. The maximum absolute atomic E-state index is 12.5. The summed E-state index contributed by atoms with van der Waals surface area (Å²) in [5, 5.41) is 87.9. The van der Waals surface area contributed by atoms with Gasteiger partial charge in [-0.15, -0.1) is 0 Å². The van der Waals surface area contributed by atoms with Gasteiger partial charge in [-0.2, -0.15) is 0 Å². The molecule has 8 N–H and O–H groups in total. The number of ether oxygens (including phenoxy) is 4. The fourth-order valence-electron chi connectivity index (χ4n) is 13.2. The van der Waals surface area contributed by atoms with Crippen LogP contribution in [0.4, 0.5) is 0 Å². The molecule has 0 aromatic heterocycles. The van der Waals surface area contributed by atoms with Crippen LogP contribution in [0.5, 0.6) is 0 Å². The van der Waals surface area contributed by atoms with E-state index in [2.05, 4.69) is 54.5 Å². The van der Waals surface area contributed by atoms with Gasteiger partial charge < -0.3 is 59.8 Å². The lowest BCUT2D eigenvalue weighted by Crippen LogP contribution is -2.69. The molecule has 312 valence electrons. The molecule has 0 bridgehead atoms. The fourth-order valence-corrected chi connectivity index (χ4v) is 13.2. The van der Waals surface area contributed by atoms with E-state index in [4.69, 9.17) is 18.9 Å².